The van der Waals surface area contributed by atoms with Gasteiger partial charge in [0, 0.05) is 20.9 Å². The quantitative estimate of drug-likeness (QED) is 0.610. The predicted octanol–water partition coefficient (Wildman–Crippen LogP) is 2.42. The van der Waals surface area contributed by atoms with Crippen LogP contribution in [-0.4, -0.2) is 27.2 Å². The van der Waals surface area contributed by atoms with Crippen LogP contribution in [0.15, 0.2) is 0 Å². The Kier molecular flexibility index (Phi) is 12.1. The third-order valence-electron chi connectivity index (χ3n) is 0.750. The molecule has 0 heterocycles. The van der Waals surface area contributed by atoms with E-state index in [0.29, 0.717) is 0 Å². The molecular formula is C6H19O3P. The summed E-state index contributed by atoms with van der Waals surface area (Å²) in [5, 5.41) is 0. The average Bonchev–Trinajstić information content (AvgIpc) is 1.67. The van der Waals surface area contributed by atoms with Crippen molar-refractivity contribution in [3.05, 3.63) is 0 Å². The van der Waals surface area contributed by atoms with Crippen molar-refractivity contribution in [2.75, 3.05) is 27.2 Å². The van der Waals surface area contributed by atoms with Gasteiger partial charge >= 0.3 is 0 Å². The zero-order valence-electron chi connectivity index (χ0n) is 5.38. The van der Waals surface area contributed by atoms with Gasteiger partial charge in [-0.05, 0) is 0 Å². The molecule has 0 N–H and O–H groups in total. The van der Waals surface area contributed by atoms with E-state index in [2.05, 4.69) is 9.26 Å². The molecule has 0 aliphatic carbocycles. The highest BCUT2D eigenvalue weighted by molar-refractivity contribution is 7.57. The fourth-order valence-corrected chi connectivity index (χ4v) is 0.862. The van der Waals surface area contributed by atoms with Gasteiger partial charge in [-0.2, -0.15) is 0 Å². The smallest absolute Gasteiger partial charge is 0.224 e. The van der Waals surface area contributed by atoms with Crippen LogP contribution in [0, 0.1) is 0 Å². The number of methoxy groups -OCH3 is 1. The summed E-state index contributed by atoms with van der Waals surface area (Å²) in [6.45, 7) is 1.54. The minimum Gasteiger partial charge on any atom is -0.375 e. The van der Waals surface area contributed by atoms with Gasteiger partial charge in [0.25, 0.3) is 0 Å². The Morgan fingerprint density at radius 2 is 1.70 bits per heavy atom. The van der Waals surface area contributed by atoms with Gasteiger partial charge in [-0.15, -0.1) is 0 Å². The van der Waals surface area contributed by atoms with Gasteiger partial charge in [-0.3, -0.25) is 4.57 Å². The zero-order valence-corrected chi connectivity index (χ0v) is 6.27. The van der Waals surface area contributed by atoms with Gasteiger partial charge in [0.2, 0.25) is 7.37 Å². The van der Waals surface area contributed by atoms with Crippen LogP contribution in [0.1, 0.15) is 14.9 Å². The highest BCUT2D eigenvalue weighted by Crippen LogP contribution is 2.40. The molecule has 1 atom stereocenters. The molecule has 1 unspecified atom stereocenters. The number of hydrogen-bond acceptors (Lipinski definition) is 3. The zero-order chi connectivity index (χ0) is 6.62. The van der Waals surface area contributed by atoms with Crippen molar-refractivity contribution in [2.45, 2.75) is 14.9 Å². The summed E-state index contributed by atoms with van der Waals surface area (Å²) in [4.78, 5) is 0. The Balaban J connectivity index is -0.000000245. The third-order valence-corrected chi connectivity index (χ3v) is 2.25. The summed E-state index contributed by atoms with van der Waals surface area (Å²) in [7, 11) is 0.516. The maximum absolute atomic E-state index is 10.8. The van der Waals surface area contributed by atoms with Crippen molar-refractivity contribution in [3.8, 4) is 0 Å². The Labute approximate surface area is 64.2 Å². The van der Waals surface area contributed by atoms with E-state index in [1.807, 2.05) is 0 Å². The minimum absolute atomic E-state index is 0. The molecule has 0 bridgehead atoms. The van der Waals surface area contributed by atoms with E-state index in [1.54, 1.807) is 0 Å². The Morgan fingerprint density at radius 1 is 1.30 bits per heavy atom. The molecule has 3 nitrogen and oxygen atoms in total. The number of hydrogen-bond donors (Lipinski definition) is 0. The summed E-state index contributed by atoms with van der Waals surface area (Å²) in [5.74, 6) is 0. The molecular weight excluding hydrogens is 151 g/mol. The van der Waals surface area contributed by atoms with Gasteiger partial charge in [0.1, 0.15) is 6.35 Å². The van der Waals surface area contributed by atoms with Crippen molar-refractivity contribution in [1.82, 2.24) is 0 Å². The molecule has 0 spiro atoms. The summed E-state index contributed by atoms with van der Waals surface area (Å²) < 4.78 is 20.1. The van der Waals surface area contributed by atoms with Crippen LogP contribution < -0.4 is 0 Å². The maximum Gasteiger partial charge on any atom is 0.224 e. The second kappa shape index (κ2) is 7.26. The van der Waals surface area contributed by atoms with Crippen molar-refractivity contribution in [3.63, 3.8) is 0 Å². The van der Waals surface area contributed by atoms with Gasteiger partial charge in [0.15, 0.2) is 0 Å². The normalized spacial score (nSPS) is 14.3. The second-order valence-corrected chi connectivity index (χ2v) is 4.27. The summed E-state index contributed by atoms with van der Waals surface area (Å²) in [6, 6.07) is 0. The summed E-state index contributed by atoms with van der Waals surface area (Å²) in [5.41, 5.74) is 0. The van der Waals surface area contributed by atoms with Crippen molar-refractivity contribution < 1.29 is 13.8 Å². The van der Waals surface area contributed by atoms with Gasteiger partial charge in [-0.1, -0.05) is 14.9 Å². The lowest BCUT2D eigenvalue weighted by atomic mass is 11.5. The van der Waals surface area contributed by atoms with Crippen LogP contribution in [0.25, 0.3) is 0 Å². The van der Waals surface area contributed by atoms with E-state index in [1.165, 1.54) is 20.9 Å². The summed E-state index contributed by atoms with van der Waals surface area (Å²) >= 11 is 0. The lowest BCUT2D eigenvalue weighted by molar-refractivity contribution is 0.232. The number of rotatable bonds is 3. The summed E-state index contributed by atoms with van der Waals surface area (Å²) in [6.07, 6.45) is 0.198. The van der Waals surface area contributed by atoms with Gasteiger partial charge < -0.3 is 9.26 Å². The molecule has 0 aliphatic heterocycles. The fourth-order valence-electron chi connectivity index (χ4n) is 0.287. The average molecular weight is 170 g/mol. The second-order valence-electron chi connectivity index (χ2n) is 1.61. The molecule has 0 rings (SSSR count). The van der Waals surface area contributed by atoms with Gasteiger partial charge in [0.05, 0.1) is 0 Å². The fraction of sp³-hybridized carbons (Fsp3) is 1.00. The molecule has 0 radical (unpaired) electrons. The molecule has 0 saturated carbocycles. The van der Waals surface area contributed by atoms with Crippen LogP contribution in [0.2, 0.25) is 0 Å². The van der Waals surface area contributed by atoms with Crippen molar-refractivity contribution in [2.24, 2.45) is 0 Å². The molecule has 0 aromatic rings. The van der Waals surface area contributed by atoms with Crippen LogP contribution in [0.5, 0.6) is 0 Å². The van der Waals surface area contributed by atoms with Crippen molar-refractivity contribution in [1.29, 1.82) is 0 Å². The monoisotopic (exact) mass is 170 g/mol. The molecule has 0 saturated heterocycles. The first-order valence-corrected chi connectivity index (χ1v) is 4.49. The maximum atomic E-state index is 10.8. The van der Waals surface area contributed by atoms with E-state index in [-0.39, 0.29) is 21.2 Å². The topological polar surface area (TPSA) is 35.5 Å². The molecule has 0 fully saturated rings. The lowest BCUT2D eigenvalue weighted by Gasteiger charge is -2.06. The predicted molar refractivity (Wildman–Crippen MR) is 45.9 cm³/mol. The largest absolute Gasteiger partial charge is 0.375 e. The van der Waals surface area contributed by atoms with Crippen LogP contribution >= 0.6 is 7.37 Å². The highest BCUT2D eigenvalue weighted by atomic mass is 31.2. The first-order chi connectivity index (χ1) is 3.62. The first-order valence-electron chi connectivity index (χ1n) is 2.23. The Morgan fingerprint density at radius 3 is 1.80 bits per heavy atom. The van der Waals surface area contributed by atoms with Crippen LogP contribution in [-0.2, 0) is 13.8 Å². The lowest BCUT2D eigenvalue weighted by Crippen LogP contribution is -1.91. The molecule has 0 aliphatic rings. The SMILES string of the molecule is C.C.COCP(C)(=O)OC. The van der Waals surface area contributed by atoms with E-state index < -0.39 is 7.37 Å². The van der Waals surface area contributed by atoms with E-state index >= 15 is 0 Å². The molecule has 0 amide bonds. The van der Waals surface area contributed by atoms with E-state index in [4.69, 9.17) is 0 Å². The van der Waals surface area contributed by atoms with Gasteiger partial charge in [-0.25, -0.2) is 0 Å². The minimum atomic E-state index is -2.40. The third kappa shape index (κ3) is 8.15. The van der Waals surface area contributed by atoms with E-state index in [9.17, 15) is 4.57 Å². The molecule has 10 heavy (non-hydrogen) atoms. The molecule has 0 aromatic heterocycles. The Bertz CT molecular complexity index is 103. The molecule has 4 heteroatoms. The first kappa shape index (κ1) is 16.6. The standard InChI is InChI=1S/C4H11O3P.2CH4/c1-6-4-8(3,5)7-2;;/h4H2,1-3H3;2*1H4. The van der Waals surface area contributed by atoms with E-state index in [0.717, 1.165) is 0 Å². The van der Waals surface area contributed by atoms with Crippen LogP contribution in [0.3, 0.4) is 0 Å². The molecule has 66 valence electrons. The Hall–Kier alpha value is 0.150. The highest BCUT2D eigenvalue weighted by Gasteiger charge is 2.11. The molecule has 0 aromatic carbocycles. The van der Waals surface area contributed by atoms with Crippen molar-refractivity contribution >= 4 is 7.37 Å². The number of ether oxygens (including phenoxy) is 1. The van der Waals surface area contributed by atoms with Crippen LogP contribution in [0.4, 0.5) is 0 Å².